The molecule has 0 heterocycles. The lowest BCUT2D eigenvalue weighted by Gasteiger charge is -1.97. The van der Waals surface area contributed by atoms with Crippen LogP contribution >= 0.6 is 0 Å². The van der Waals surface area contributed by atoms with Crippen LogP contribution in [-0.4, -0.2) is 22.4 Å². The summed E-state index contributed by atoms with van der Waals surface area (Å²) in [5.74, 6) is -0.781. The third kappa shape index (κ3) is 2.95. The van der Waals surface area contributed by atoms with E-state index in [1.807, 2.05) is 0 Å². The van der Waals surface area contributed by atoms with Crippen LogP contribution in [0, 0.1) is 0 Å². The van der Waals surface area contributed by atoms with Gasteiger partial charge in [0.1, 0.15) is 5.75 Å². The molecule has 0 spiro atoms. The van der Waals surface area contributed by atoms with Crippen LogP contribution in [0.2, 0.25) is 0 Å². The first-order chi connectivity index (χ1) is 8.65. The molecule has 0 atom stereocenters. The highest BCUT2D eigenvalue weighted by Gasteiger charge is 2.01. The molecule has 0 aromatic heterocycles. The summed E-state index contributed by atoms with van der Waals surface area (Å²) in [6, 6.07) is 13.0. The second-order valence-corrected chi connectivity index (χ2v) is 3.71. The zero-order valence-electron chi connectivity index (χ0n) is 9.45. The molecule has 2 N–H and O–H groups in total. The van der Waals surface area contributed by atoms with E-state index in [4.69, 9.17) is 10.2 Å². The molecule has 0 aliphatic heterocycles. The van der Waals surface area contributed by atoms with Gasteiger partial charge in [-0.05, 0) is 48.0 Å². The summed E-state index contributed by atoms with van der Waals surface area (Å²) in [4.78, 5) is 15.0. The van der Waals surface area contributed by atoms with Crippen LogP contribution in [0.4, 0.5) is 5.69 Å². The van der Waals surface area contributed by atoms with Crippen LogP contribution in [0.5, 0.6) is 5.75 Å². The highest BCUT2D eigenvalue weighted by molar-refractivity contribution is 5.89. The van der Waals surface area contributed by atoms with Gasteiger partial charge in [-0.2, -0.15) is 0 Å². The van der Waals surface area contributed by atoms with Crippen molar-refractivity contribution in [2.75, 3.05) is 0 Å². The molecule has 4 heteroatoms. The smallest absolute Gasteiger partial charge is 0.335 e. The second kappa shape index (κ2) is 5.14. The zero-order chi connectivity index (χ0) is 13.0. The summed E-state index contributed by atoms with van der Waals surface area (Å²) in [5, 5.41) is 18.0. The molecule has 90 valence electrons. The van der Waals surface area contributed by atoms with Crippen molar-refractivity contribution in [2.45, 2.75) is 0 Å². The number of phenolic OH excluding ortho intramolecular Hbond substituents is 1. The Kier molecular flexibility index (Phi) is 3.38. The van der Waals surface area contributed by atoms with Gasteiger partial charge in [-0.1, -0.05) is 6.07 Å². The van der Waals surface area contributed by atoms with Crippen LogP contribution < -0.4 is 0 Å². The maximum Gasteiger partial charge on any atom is 0.335 e. The number of rotatable bonds is 3. The normalized spacial score (nSPS) is 10.7. The van der Waals surface area contributed by atoms with Crippen molar-refractivity contribution in [3.63, 3.8) is 0 Å². The van der Waals surface area contributed by atoms with E-state index in [1.54, 1.807) is 42.6 Å². The minimum atomic E-state index is -0.975. The molecule has 2 aromatic carbocycles. The van der Waals surface area contributed by atoms with E-state index in [1.165, 1.54) is 12.1 Å². The van der Waals surface area contributed by atoms with Crippen molar-refractivity contribution in [2.24, 2.45) is 4.99 Å². The van der Waals surface area contributed by atoms with E-state index >= 15 is 0 Å². The Morgan fingerprint density at radius 2 is 1.83 bits per heavy atom. The molecule has 2 aromatic rings. The van der Waals surface area contributed by atoms with Crippen molar-refractivity contribution in [1.82, 2.24) is 0 Å². The van der Waals surface area contributed by atoms with Gasteiger partial charge in [0.15, 0.2) is 0 Å². The van der Waals surface area contributed by atoms with Gasteiger partial charge in [0.05, 0.1) is 11.3 Å². The molecular formula is C14H11NO3. The van der Waals surface area contributed by atoms with E-state index in [2.05, 4.69) is 4.99 Å². The molecule has 0 unspecified atom stereocenters. The van der Waals surface area contributed by atoms with E-state index < -0.39 is 5.97 Å². The van der Waals surface area contributed by atoms with Gasteiger partial charge in [0.25, 0.3) is 0 Å². The Hall–Kier alpha value is -2.62. The van der Waals surface area contributed by atoms with E-state index in [9.17, 15) is 4.79 Å². The number of aromatic carboxylic acids is 1. The van der Waals surface area contributed by atoms with Crippen LogP contribution in [0.25, 0.3) is 0 Å². The molecule has 0 aliphatic carbocycles. The van der Waals surface area contributed by atoms with Crippen molar-refractivity contribution in [3.05, 3.63) is 59.7 Å². The molecular weight excluding hydrogens is 230 g/mol. The van der Waals surface area contributed by atoms with Crippen molar-refractivity contribution in [3.8, 4) is 5.75 Å². The number of carboxylic acid groups (broad SMARTS) is 1. The summed E-state index contributed by atoms with van der Waals surface area (Å²) >= 11 is 0. The van der Waals surface area contributed by atoms with Crippen LogP contribution in [0.15, 0.2) is 53.5 Å². The van der Waals surface area contributed by atoms with Gasteiger partial charge in [-0.3, -0.25) is 4.99 Å². The quantitative estimate of drug-likeness (QED) is 0.812. The molecule has 2 rings (SSSR count). The molecule has 0 saturated heterocycles. The van der Waals surface area contributed by atoms with Crippen LogP contribution in [-0.2, 0) is 0 Å². The third-order valence-corrected chi connectivity index (χ3v) is 2.35. The maximum absolute atomic E-state index is 10.8. The average Bonchev–Trinajstić information content (AvgIpc) is 2.38. The predicted molar refractivity (Wildman–Crippen MR) is 68.8 cm³/mol. The number of benzene rings is 2. The van der Waals surface area contributed by atoms with Crippen molar-refractivity contribution in [1.29, 1.82) is 0 Å². The van der Waals surface area contributed by atoms with Crippen molar-refractivity contribution < 1.29 is 15.0 Å². The number of hydrogen-bond acceptors (Lipinski definition) is 3. The monoisotopic (exact) mass is 241 g/mol. The topological polar surface area (TPSA) is 69.9 Å². The number of aromatic hydroxyl groups is 1. The fourth-order valence-corrected chi connectivity index (χ4v) is 1.43. The number of nitrogens with zero attached hydrogens (tertiary/aromatic N) is 1. The van der Waals surface area contributed by atoms with Crippen LogP contribution in [0.3, 0.4) is 0 Å². The fraction of sp³-hybridized carbons (Fsp3) is 0. The van der Waals surface area contributed by atoms with Crippen LogP contribution in [0.1, 0.15) is 15.9 Å². The molecule has 4 nitrogen and oxygen atoms in total. The van der Waals surface area contributed by atoms with Gasteiger partial charge >= 0.3 is 5.97 Å². The summed E-state index contributed by atoms with van der Waals surface area (Å²) in [6.07, 6.45) is 1.61. The highest BCUT2D eigenvalue weighted by Crippen LogP contribution is 2.15. The number of hydrogen-bond donors (Lipinski definition) is 2. The molecule has 0 fully saturated rings. The zero-order valence-corrected chi connectivity index (χ0v) is 9.45. The number of carbonyl (C=O) groups is 1. The summed E-state index contributed by atoms with van der Waals surface area (Å²) in [7, 11) is 0. The number of aliphatic imine (C=N–C) groups is 1. The van der Waals surface area contributed by atoms with Gasteiger partial charge in [0.2, 0.25) is 0 Å². The fourth-order valence-electron chi connectivity index (χ4n) is 1.43. The predicted octanol–water partition coefficient (Wildman–Crippen LogP) is 2.84. The molecule has 0 saturated carbocycles. The Morgan fingerprint density at radius 1 is 1.11 bits per heavy atom. The second-order valence-electron chi connectivity index (χ2n) is 3.71. The minimum absolute atomic E-state index is 0.194. The van der Waals surface area contributed by atoms with Gasteiger partial charge in [0, 0.05) is 6.21 Å². The van der Waals surface area contributed by atoms with Crippen molar-refractivity contribution >= 4 is 17.9 Å². The summed E-state index contributed by atoms with van der Waals surface area (Å²) < 4.78 is 0. The summed E-state index contributed by atoms with van der Waals surface area (Å²) in [5.41, 5.74) is 1.60. The average molecular weight is 241 g/mol. The van der Waals surface area contributed by atoms with E-state index in [0.717, 1.165) is 5.56 Å². The summed E-state index contributed by atoms with van der Waals surface area (Å²) in [6.45, 7) is 0. The van der Waals surface area contributed by atoms with Gasteiger partial charge < -0.3 is 10.2 Å². The molecule has 0 bridgehead atoms. The lowest BCUT2D eigenvalue weighted by Crippen LogP contribution is -1.94. The molecule has 0 radical (unpaired) electrons. The first-order valence-corrected chi connectivity index (χ1v) is 5.31. The number of carboxylic acids is 1. The minimum Gasteiger partial charge on any atom is -0.508 e. The first-order valence-electron chi connectivity index (χ1n) is 5.31. The Morgan fingerprint density at radius 3 is 2.50 bits per heavy atom. The Bertz CT molecular complexity index is 588. The Labute approximate surface area is 104 Å². The van der Waals surface area contributed by atoms with E-state index in [0.29, 0.717) is 5.69 Å². The Balaban J connectivity index is 2.20. The molecule has 18 heavy (non-hydrogen) atoms. The molecule has 0 amide bonds. The SMILES string of the molecule is O=C(O)c1cccc(N=Cc2ccc(O)cc2)c1. The largest absolute Gasteiger partial charge is 0.508 e. The number of phenols is 1. The first kappa shape index (κ1) is 11.9. The standard InChI is InChI=1S/C14H11NO3/c16-13-6-4-10(5-7-13)9-15-12-3-1-2-11(8-12)14(17)18/h1-9,16H,(H,17,18). The van der Waals surface area contributed by atoms with Gasteiger partial charge in [-0.15, -0.1) is 0 Å². The van der Waals surface area contributed by atoms with E-state index in [-0.39, 0.29) is 11.3 Å². The lowest BCUT2D eigenvalue weighted by atomic mass is 10.2. The third-order valence-electron chi connectivity index (χ3n) is 2.35. The van der Waals surface area contributed by atoms with Gasteiger partial charge in [-0.25, -0.2) is 4.79 Å². The lowest BCUT2D eigenvalue weighted by molar-refractivity contribution is 0.0697. The maximum atomic E-state index is 10.8. The molecule has 0 aliphatic rings. The highest BCUT2D eigenvalue weighted by atomic mass is 16.4.